The molecule has 1 unspecified atom stereocenters. The molecule has 0 heterocycles. The molecule has 0 amide bonds. The molecule has 0 rings (SSSR count). The van der Waals surface area contributed by atoms with Gasteiger partial charge in [-0.2, -0.15) is 0 Å². The molecule has 1 N–H and O–H groups in total. The third-order valence-electron chi connectivity index (χ3n) is 2.40. The minimum Gasteiger partial charge on any atom is -0.385 e. The molecule has 0 aliphatic rings. The van der Waals surface area contributed by atoms with E-state index in [1.54, 1.807) is 14.2 Å². The molecule has 0 fully saturated rings. The SMILES string of the molecule is COCCCNCC(C)OCCCOCCOC. The topological polar surface area (TPSA) is 49.0 Å². The Morgan fingerprint density at radius 2 is 1.67 bits per heavy atom. The van der Waals surface area contributed by atoms with Crippen LogP contribution in [-0.2, 0) is 18.9 Å². The van der Waals surface area contributed by atoms with Gasteiger partial charge in [0.05, 0.1) is 19.3 Å². The van der Waals surface area contributed by atoms with Crippen LogP contribution in [-0.4, -0.2) is 66.4 Å². The fraction of sp³-hybridized carbons (Fsp3) is 1.00. The van der Waals surface area contributed by atoms with E-state index in [0.717, 1.165) is 45.8 Å². The van der Waals surface area contributed by atoms with Crippen LogP contribution >= 0.6 is 0 Å². The molecule has 0 bridgehead atoms. The summed E-state index contributed by atoms with van der Waals surface area (Å²) in [5.74, 6) is 0. The maximum absolute atomic E-state index is 5.65. The van der Waals surface area contributed by atoms with E-state index in [4.69, 9.17) is 18.9 Å². The average molecular weight is 263 g/mol. The maximum atomic E-state index is 5.65. The smallest absolute Gasteiger partial charge is 0.0700 e. The van der Waals surface area contributed by atoms with Gasteiger partial charge in [0, 0.05) is 40.6 Å². The highest BCUT2D eigenvalue weighted by atomic mass is 16.5. The van der Waals surface area contributed by atoms with E-state index in [1.807, 2.05) is 0 Å². The summed E-state index contributed by atoms with van der Waals surface area (Å²) >= 11 is 0. The van der Waals surface area contributed by atoms with Crippen molar-refractivity contribution in [3.63, 3.8) is 0 Å². The summed E-state index contributed by atoms with van der Waals surface area (Å²) in [6, 6.07) is 0. The van der Waals surface area contributed by atoms with Gasteiger partial charge in [0.25, 0.3) is 0 Å². The van der Waals surface area contributed by atoms with E-state index in [2.05, 4.69) is 12.2 Å². The molecule has 110 valence electrons. The molecule has 0 aromatic heterocycles. The highest BCUT2D eigenvalue weighted by molar-refractivity contribution is 4.55. The summed E-state index contributed by atoms with van der Waals surface area (Å²) in [5, 5.41) is 3.34. The molecular formula is C13H29NO4. The summed E-state index contributed by atoms with van der Waals surface area (Å²) < 4.78 is 20.9. The van der Waals surface area contributed by atoms with Crippen molar-refractivity contribution in [3.8, 4) is 0 Å². The predicted molar refractivity (Wildman–Crippen MR) is 72.1 cm³/mol. The fourth-order valence-electron chi connectivity index (χ4n) is 1.40. The molecule has 18 heavy (non-hydrogen) atoms. The van der Waals surface area contributed by atoms with Crippen molar-refractivity contribution in [2.24, 2.45) is 0 Å². The van der Waals surface area contributed by atoms with Gasteiger partial charge in [0.2, 0.25) is 0 Å². The molecule has 5 nitrogen and oxygen atoms in total. The van der Waals surface area contributed by atoms with Crippen molar-refractivity contribution in [3.05, 3.63) is 0 Å². The predicted octanol–water partition coefficient (Wildman–Crippen LogP) is 1.07. The normalized spacial score (nSPS) is 12.8. The molecule has 1 atom stereocenters. The molecule has 0 saturated heterocycles. The maximum Gasteiger partial charge on any atom is 0.0700 e. The first-order valence-corrected chi connectivity index (χ1v) is 6.69. The molecule has 0 aromatic carbocycles. The van der Waals surface area contributed by atoms with Gasteiger partial charge < -0.3 is 24.3 Å². The Labute approximate surface area is 111 Å². The van der Waals surface area contributed by atoms with Crippen molar-refractivity contribution < 1.29 is 18.9 Å². The van der Waals surface area contributed by atoms with Crippen molar-refractivity contribution in [2.45, 2.75) is 25.9 Å². The van der Waals surface area contributed by atoms with Crippen LogP contribution < -0.4 is 5.32 Å². The van der Waals surface area contributed by atoms with Crippen molar-refractivity contribution >= 4 is 0 Å². The lowest BCUT2D eigenvalue weighted by atomic mass is 10.3. The van der Waals surface area contributed by atoms with Gasteiger partial charge in [-0.15, -0.1) is 0 Å². The first kappa shape index (κ1) is 17.8. The summed E-state index contributed by atoms with van der Waals surface area (Å²) in [6.07, 6.45) is 2.21. The summed E-state index contributed by atoms with van der Waals surface area (Å²) in [4.78, 5) is 0. The molecule has 0 aromatic rings. The highest BCUT2D eigenvalue weighted by Gasteiger charge is 2.00. The molecule has 0 radical (unpaired) electrons. The lowest BCUT2D eigenvalue weighted by Crippen LogP contribution is -2.28. The van der Waals surface area contributed by atoms with Gasteiger partial charge in [-0.1, -0.05) is 0 Å². The van der Waals surface area contributed by atoms with Crippen molar-refractivity contribution in [2.75, 3.05) is 60.3 Å². The lowest BCUT2D eigenvalue weighted by Gasteiger charge is -2.14. The van der Waals surface area contributed by atoms with E-state index >= 15 is 0 Å². The number of nitrogens with one attached hydrogen (secondary N) is 1. The number of hydrogen-bond acceptors (Lipinski definition) is 5. The summed E-state index contributed by atoms with van der Waals surface area (Å²) in [7, 11) is 3.40. The molecule has 0 aliphatic carbocycles. The van der Waals surface area contributed by atoms with Crippen molar-refractivity contribution in [1.82, 2.24) is 5.32 Å². The Bertz CT molecular complexity index is 158. The second-order valence-corrected chi connectivity index (χ2v) is 4.19. The largest absolute Gasteiger partial charge is 0.385 e. The molecule has 5 heteroatoms. The number of rotatable bonds is 14. The van der Waals surface area contributed by atoms with Crippen LogP contribution in [0.2, 0.25) is 0 Å². The van der Waals surface area contributed by atoms with E-state index < -0.39 is 0 Å². The Hall–Kier alpha value is -0.200. The van der Waals surface area contributed by atoms with Crippen LogP contribution in [0.3, 0.4) is 0 Å². The van der Waals surface area contributed by atoms with Gasteiger partial charge in [0.1, 0.15) is 0 Å². The first-order chi connectivity index (χ1) is 8.81. The molecule has 0 aliphatic heterocycles. The number of methoxy groups -OCH3 is 2. The lowest BCUT2D eigenvalue weighted by molar-refractivity contribution is 0.0303. The van der Waals surface area contributed by atoms with Crippen LogP contribution in [0.1, 0.15) is 19.8 Å². The standard InChI is InChI=1S/C13H29NO4/c1-13(12-14-6-4-7-15-2)18-9-5-8-17-11-10-16-3/h13-14H,4-12H2,1-3H3. The van der Waals surface area contributed by atoms with E-state index in [9.17, 15) is 0 Å². The Morgan fingerprint density at radius 1 is 0.889 bits per heavy atom. The Kier molecular flexibility index (Phi) is 14.7. The van der Waals surface area contributed by atoms with Gasteiger partial charge in [0.15, 0.2) is 0 Å². The minimum absolute atomic E-state index is 0.242. The van der Waals surface area contributed by atoms with Crippen LogP contribution in [0.5, 0.6) is 0 Å². The zero-order valence-electron chi connectivity index (χ0n) is 12.1. The Balaban J connectivity index is 3.09. The number of ether oxygens (including phenoxy) is 4. The average Bonchev–Trinajstić information content (AvgIpc) is 2.37. The minimum atomic E-state index is 0.242. The highest BCUT2D eigenvalue weighted by Crippen LogP contribution is 1.92. The van der Waals surface area contributed by atoms with Crippen LogP contribution in [0.4, 0.5) is 0 Å². The molecule has 0 spiro atoms. The summed E-state index contributed by atoms with van der Waals surface area (Å²) in [5.41, 5.74) is 0. The van der Waals surface area contributed by atoms with Crippen LogP contribution in [0, 0.1) is 0 Å². The summed E-state index contributed by atoms with van der Waals surface area (Å²) in [6.45, 7) is 7.53. The van der Waals surface area contributed by atoms with E-state index in [-0.39, 0.29) is 6.10 Å². The van der Waals surface area contributed by atoms with E-state index in [0.29, 0.717) is 13.2 Å². The zero-order chi connectivity index (χ0) is 13.5. The third-order valence-corrected chi connectivity index (χ3v) is 2.40. The van der Waals surface area contributed by atoms with Crippen LogP contribution in [0.25, 0.3) is 0 Å². The monoisotopic (exact) mass is 263 g/mol. The quantitative estimate of drug-likeness (QED) is 0.475. The van der Waals surface area contributed by atoms with Gasteiger partial charge >= 0.3 is 0 Å². The van der Waals surface area contributed by atoms with Crippen molar-refractivity contribution in [1.29, 1.82) is 0 Å². The number of hydrogen-bond donors (Lipinski definition) is 1. The van der Waals surface area contributed by atoms with E-state index in [1.165, 1.54) is 0 Å². The van der Waals surface area contributed by atoms with Gasteiger partial charge in [-0.05, 0) is 26.3 Å². The Morgan fingerprint density at radius 3 is 2.39 bits per heavy atom. The fourth-order valence-corrected chi connectivity index (χ4v) is 1.40. The second kappa shape index (κ2) is 14.9. The molecule has 0 saturated carbocycles. The van der Waals surface area contributed by atoms with Gasteiger partial charge in [-0.25, -0.2) is 0 Å². The molecular weight excluding hydrogens is 234 g/mol. The first-order valence-electron chi connectivity index (χ1n) is 6.69. The van der Waals surface area contributed by atoms with Gasteiger partial charge in [-0.3, -0.25) is 0 Å². The zero-order valence-corrected chi connectivity index (χ0v) is 12.1. The second-order valence-electron chi connectivity index (χ2n) is 4.19. The third kappa shape index (κ3) is 13.9. The van der Waals surface area contributed by atoms with Crippen LogP contribution in [0.15, 0.2) is 0 Å².